The Hall–Kier alpha value is -2.06. The van der Waals surface area contributed by atoms with Gasteiger partial charge in [-0.25, -0.2) is 4.98 Å². The highest BCUT2D eigenvalue weighted by Gasteiger charge is 2.10. The Kier molecular flexibility index (Phi) is 6.96. The lowest BCUT2D eigenvalue weighted by Gasteiger charge is -2.04. The van der Waals surface area contributed by atoms with E-state index in [9.17, 15) is 9.59 Å². The topological polar surface area (TPSA) is 85.1 Å². The van der Waals surface area contributed by atoms with Crippen LogP contribution in [0.5, 0.6) is 0 Å². The summed E-state index contributed by atoms with van der Waals surface area (Å²) >= 11 is 15.1. The minimum absolute atomic E-state index is 0.163. The molecule has 0 aliphatic rings. The molecule has 2 amide bonds. The highest BCUT2D eigenvalue weighted by atomic mass is 35.5. The summed E-state index contributed by atoms with van der Waals surface area (Å²) in [5.41, 5.74) is 7.85. The average molecular weight is 452 g/mol. The van der Waals surface area contributed by atoms with Crippen molar-refractivity contribution < 1.29 is 9.59 Å². The second kappa shape index (κ2) is 9.43. The summed E-state index contributed by atoms with van der Waals surface area (Å²) in [4.78, 5) is 27.7. The van der Waals surface area contributed by atoms with Gasteiger partial charge in [-0.3, -0.25) is 9.59 Å². The van der Waals surface area contributed by atoms with E-state index in [4.69, 9.17) is 28.9 Å². The van der Waals surface area contributed by atoms with E-state index in [0.717, 1.165) is 9.90 Å². The van der Waals surface area contributed by atoms with Crippen LogP contribution in [0, 0.1) is 0 Å². The Balaban J connectivity index is 1.53. The van der Waals surface area contributed by atoms with Crippen LogP contribution in [-0.4, -0.2) is 16.8 Å². The fourth-order valence-electron chi connectivity index (χ4n) is 2.30. The number of thioether (sulfide) groups is 1. The van der Waals surface area contributed by atoms with Crippen molar-refractivity contribution in [3.8, 4) is 0 Å². The molecule has 0 bridgehead atoms. The first-order valence-corrected chi connectivity index (χ1v) is 10.7. The molecule has 3 aromatic rings. The molecule has 0 saturated carbocycles. The van der Waals surface area contributed by atoms with Crippen LogP contribution >= 0.6 is 46.3 Å². The minimum Gasteiger partial charge on any atom is -0.366 e. The lowest BCUT2D eigenvalue weighted by molar-refractivity contribution is -0.115. The number of aromatic nitrogens is 1. The zero-order valence-corrected chi connectivity index (χ0v) is 17.6. The van der Waals surface area contributed by atoms with Crippen molar-refractivity contribution in [1.29, 1.82) is 0 Å². The first-order valence-electron chi connectivity index (χ1n) is 8.11. The van der Waals surface area contributed by atoms with Gasteiger partial charge in [0.25, 0.3) is 0 Å². The average Bonchev–Trinajstić information content (AvgIpc) is 3.08. The van der Waals surface area contributed by atoms with Crippen molar-refractivity contribution in [2.75, 3.05) is 5.32 Å². The van der Waals surface area contributed by atoms with Gasteiger partial charge in [-0.1, -0.05) is 41.0 Å². The molecule has 1 heterocycles. The molecule has 3 rings (SSSR count). The summed E-state index contributed by atoms with van der Waals surface area (Å²) in [7, 11) is 0. The predicted octanol–water partition coefficient (Wildman–Crippen LogP) is 5.02. The standard InChI is InChI=1S/C19H15Cl2N3O2S2/c20-13-4-1-12(16(21)7-13)9-27-19-24-15(10-28-19)8-17(25)23-14-5-2-11(3-6-14)18(22)26/h1-7,10H,8-9H2,(H2,22,26)(H,23,25). The number of nitrogens with one attached hydrogen (secondary N) is 1. The summed E-state index contributed by atoms with van der Waals surface area (Å²) in [6.45, 7) is 0. The van der Waals surface area contributed by atoms with Crippen molar-refractivity contribution in [2.45, 2.75) is 16.5 Å². The van der Waals surface area contributed by atoms with Gasteiger partial charge in [0.2, 0.25) is 11.8 Å². The largest absolute Gasteiger partial charge is 0.366 e. The summed E-state index contributed by atoms with van der Waals surface area (Å²) in [5.74, 6) is -0.0267. The summed E-state index contributed by atoms with van der Waals surface area (Å²) in [6, 6.07) is 11.8. The van der Waals surface area contributed by atoms with Gasteiger partial charge in [0, 0.05) is 32.4 Å². The molecule has 0 atom stereocenters. The van der Waals surface area contributed by atoms with Gasteiger partial charge in [0.05, 0.1) is 12.1 Å². The molecule has 3 N–H and O–H groups in total. The van der Waals surface area contributed by atoms with E-state index in [1.807, 2.05) is 11.4 Å². The fraction of sp³-hybridized carbons (Fsp3) is 0.105. The van der Waals surface area contributed by atoms with E-state index in [1.165, 1.54) is 11.3 Å². The Morgan fingerprint density at radius 3 is 2.57 bits per heavy atom. The number of amides is 2. The Labute approximate surface area is 180 Å². The van der Waals surface area contributed by atoms with Gasteiger partial charge in [0.15, 0.2) is 0 Å². The SMILES string of the molecule is NC(=O)c1ccc(NC(=O)Cc2csc(SCc3ccc(Cl)cc3Cl)n2)cc1. The van der Waals surface area contributed by atoms with E-state index in [2.05, 4.69) is 10.3 Å². The number of benzene rings is 2. The van der Waals surface area contributed by atoms with Gasteiger partial charge < -0.3 is 11.1 Å². The van der Waals surface area contributed by atoms with Crippen molar-refractivity contribution in [1.82, 2.24) is 4.98 Å². The maximum atomic E-state index is 12.2. The van der Waals surface area contributed by atoms with Crippen molar-refractivity contribution >= 4 is 63.8 Å². The molecule has 0 radical (unpaired) electrons. The van der Waals surface area contributed by atoms with Crippen molar-refractivity contribution in [3.63, 3.8) is 0 Å². The monoisotopic (exact) mass is 451 g/mol. The van der Waals surface area contributed by atoms with Crippen LogP contribution in [0.15, 0.2) is 52.2 Å². The number of thiazole rings is 1. The van der Waals surface area contributed by atoms with Crippen LogP contribution in [0.4, 0.5) is 5.69 Å². The van der Waals surface area contributed by atoms with E-state index >= 15 is 0 Å². The Bertz CT molecular complexity index is 1010. The maximum Gasteiger partial charge on any atom is 0.248 e. The Morgan fingerprint density at radius 2 is 1.89 bits per heavy atom. The lowest BCUT2D eigenvalue weighted by atomic mass is 10.2. The van der Waals surface area contributed by atoms with E-state index in [-0.39, 0.29) is 12.3 Å². The van der Waals surface area contributed by atoms with Crippen LogP contribution < -0.4 is 11.1 Å². The number of primary amides is 1. The molecule has 5 nitrogen and oxygen atoms in total. The van der Waals surface area contributed by atoms with Crippen LogP contribution in [-0.2, 0) is 17.0 Å². The minimum atomic E-state index is -0.509. The molecule has 0 fully saturated rings. The van der Waals surface area contributed by atoms with Crippen molar-refractivity contribution in [2.24, 2.45) is 5.73 Å². The van der Waals surface area contributed by atoms with E-state index < -0.39 is 5.91 Å². The number of rotatable bonds is 7. The zero-order valence-electron chi connectivity index (χ0n) is 14.4. The van der Waals surface area contributed by atoms with Crippen LogP contribution in [0.1, 0.15) is 21.6 Å². The molecule has 9 heteroatoms. The maximum absolute atomic E-state index is 12.2. The summed E-state index contributed by atoms with van der Waals surface area (Å²) in [6.07, 6.45) is 0.163. The third kappa shape index (κ3) is 5.72. The number of halogens is 2. The quantitative estimate of drug-likeness (QED) is 0.493. The summed E-state index contributed by atoms with van der Waals surface area (Å²) < 4.78 is 0.861. The predicted molar refractivity (Wildman–Crippen MR) is 115 cm³/mol. The zero-order chi connectivity index (χ0) is 20.1. The highest BCUT2D eigenvalue weighted by molar-refractivity contribution is 8.00. The molecule has 2 aromatic carbocycles. The molecule has 0 aliphatic heterocycles. The smallest absolute Gasteiger partial charge is 0.248 e. The molecule has 144 valence electrons. The molecule has 0 spiro atoms. The van der Waals surface area contributed by atoms with Gasteiger partial charge >= 0.3 is 0 Å². The fourth-order valence-corrected chi connectivity index (χ4v) is 4.70. The number of carbonyl (C=O) groups excluding carboxylic acids is 2. The Morgan fingerprint density at radius 1 is 1.14 bits per heavy atom. The molecule has 1 aromatic heterocycles. The normalized spacial score (nSPS) is 10.6. The van der Waals surface area contributed by atoms with Gasteiger partial charge in [0.1, 0.15) is 4.34 Å². The molecular formula is C19H15Cl2N3O2S2. The summed E-state index contributed by atoms with van der Waals surface area (Å²) in [5, 5.41) is 5.86. The van der Waals surface area contributed by atoms with Crippen LogP contribution in [0.25, 0.3) is 0 Å². The lowest BCUT2D eigenvalue weighted by Crippen LogP contribution is -2.15. The van der Waals surface area contributed by atoms with Gasteiger partial charge in [-0.05, 0) is 42.0 Å². The number of carbonyl (C=O) groups is 2. The second-order valence-electron chi connectivity index (χ2n) is 5.80. The number of nitrogens with zero attached hydrogens (tertiary/aromatic N) is 1. The van der Waals surface area contributed by atoms with Gasteiger partial charge in [-0.2, -0.15) is 0 Å². The molecule has 0 aliphatic carbocycles. The highest BCUT2D eigenvalue weighted by Crippen LogP contribution is 2.30. The van der Waals surface area contributed by atoms with E-state index in [1.54, 1.807) is 48.2 Å². The number of hydrogen-bond donors (Lipinski definition) is 2. The molecule has 0 unspecified atom stereocenters. The van der Waals surface area contributed by atoms with Crippen LogP contribution in [0.3, 0.4) is 0 Å². The van der Waals surface area contributed by atoms with E-state index in [0.29, 0.717) is 32.7 Å². The van der Waals surface area contributed by atoms with Gasteiger partial charge in [-0.15, -0.1) is 11.3 Å². The molecule has 28 heavy (non-hydrogen) atoms. The molecule has 0 saturated heterocycles. The van der Waals surface area contributed by atoms with Crippen LogP contribution in [0.2, 0.25) is 10.0 Å². The third-order valence-corrected chi connectivity index (χ3v) is 6.40. The molecular weight excluding hydrogens is 437 g/mol. The first-order chi connectivity index (χ1) is 13.4. The number of anilines is 1. The number of nitrogens with two attached hydrogens (primary N) is 1. The third-order valence-electron chi connectivity index (χ3n) is 3.69. The van der Waals surface area contributed by atoms with Crippen molar-refractivity contribution in [3.05, 3.63) is 74.7 Å². The second-order valence-corrected chi connectivity index (χ2v) is 8.72. The number of hydrogen-bond acceptors (Lipinski definition) is 5. The first kappa shape index (κ1) is 20.7.